The van der Waals surface area contributed by atoms with E-state index >= 15 is 0 Å². The number of carbonyl (C=O) groups excluding carboxylic acids is 1. The van der Waals surface area contributed by atoms with E-state index in [2.05, 4.69) is 10.0 Å². The van der Waals surface area contributed by atoms with Crippen molar-refractivity contribution in [1.29, 1.82) is 0 Å². The van der Waals surface area contributed by atoms with Crippen molar-refractivity contribution in [2.75, 3.05) is 14.2 Å². The van der Waals surface area contributed by atoms with Crippen LogP contribution in [0.15, 0.2) is 53.4 Å². The number of amides is 1. The van der Waals surface area contributed by atoms with Crippen molar-refractivity contribution in [3.63, 3.8) is 0 Å². The van der Waals surface area contributed by atoms with Gasteiger partial charge in [0, 0.05) is 12.1 Å². The van der Waals surface area contributed by atoms with E-state index < -0.39 is 10.0 Å². The number of rotatable bonds is 6. The lowest BCUT2D eigenvalue weighted by Crippen LogP contribution is -2.24. The van der Waals surface area contributed by atoms with Crippen LogP contribution in [0.5, 0.6) is 5.75 Å². The van der Waals surface area contributed by atoms with Gasteiger partial charge in [0.25, 0.3) is 5.91 Å². The highest BCUT2D eigenvalue weighted by Crippen LogP contribution is 2.24. The second-order valence-electron chi connectivity index (χ2n) is 4.74. The lowest BCUT2D eigenvalue weighted by atomic mass is 10.2. The fraction of sp³-hybridized carbons (Fsp3) is 0.188. The third-order valence-corrected chi connectivity index (χ3v) is 4.72. The van der Waals surface area contributed by atoms with Crippen LogP contribution < -0.4 is 14.8 Å². The Balaban J connectivity index is 2.23. The summed E-state index contributed by atoms with van der Waals surface area (Å²) >= 11 is 0. The van der Waals surface area contributed by atoms with Crippen molar-refractivity contribution in [3.05, 3.63) is 59.7 Å². The van der Waals surface area contributed by atoms with Gasteiger partial charge in [0.05, 0.1) is 7.11 Å². The van der Waals surface area contributed by atoms with Gasteiger partial charge in [-0.05, 0) is 30.8 Å². The summed E-state index contributed by atoms with van der Waals surface area (Å²) in [4.78, 5) is 12.1. The average Bonchev–Trinajstić information content (AvgIpc) is 2.60. The molecule has 0 aromatic heterocycles. The molecule has 0 fully saturated rings. The predicted octanol–water partition coefficient (Wildman–Crippen LogP) is 1.53. The van der Waals surface area contributed by atoms with Gasteiger partial charge in [0.2, 0.25) is 10.0 Å². The van der Waals surface area contributed by atoms with Crippen molar-refractivity contribution >= 4 is 15.9 Å². The molecule has 7 heteroatoms. The van der Waals surface area contributed by atoms with Gasteiger partial charge >= 0.3 is 0 Å². The van der Waals surface area contributed by atoms with E-state index in [9.17, 15) is 13.2 Å². The summed E-state index contributed by atoms with van der Waals surface area (Å²) in [5.41, 5.74) is 1.20. The van der Waals surface area contributed by atoms with Crippen LogP contribution in [0.4, 0.5) is 0 Å². The molecule has 0 saturated heterocycles. The van der Waals surface area contributed by atoms with Crippen molar-refractivity contribution in [2.45, 2.75) is 11.4 Å². The van der Waals surface area contributed by atoms with Gasteiger partial charge in [-0.1, -0.05) is 30.3 Å². The molecule has 0 bridgehead atoms. The molecule has 2 N–H and O–H groups in total. The lowest BCUT2D eigenvalue weighted by molar-refractivity contribution is 0.0950. The summed E-state index contributed by atoms with van der Waals surface area (Å²) in [5, 5.41) is 2.75. The smallest absolute Gasteiger partial charge is 0.251 e. The summed E-state index contributed by atoms with van der Waals surface area (Å²) in [6.45, 7) is 0.361. The van der Waals surface area contributed by atoms with Crippen molar-refractivity contribution in [3.8, 4) is 5.75 Å². The lowest BCUT2D eigenvalue weighted by Gasteiger charge is -2.11. The van der Waals surface area contributed by atoms with E-state index in [1.807, 2.05) is 30.3 Å². The number of ether oxygens (including phenoxy) is 1. The highest BCUT2D eigenvalue weighted by molar-refractivity contribution is 7.89. The molecule has 2 rings (SSSR count). The summed E-state index contributed by atoms with van der Waals surface area (Å²) in [6, 6.07) is 13.7. The number of carbonyl (C=O) groups is 1. The molecule has 0 radical (unpaired) electrons. The molecule has 0 heterocycles. The van der Waals surface area contributed by atoms with Gasteiger partial charge in [-0.3, -0.25) is 4.79 Å². The molecule has 0 saturated carbocycles. The number of benzene rings is 2. The van der Waals surface area contributed by atoms with Crippen molar-refractivity contribution < 1.29 is 17.9 Å². The third-order valence-electron chi connectivity index (χ3n) is 3.28. The molecule has 0 aliphatic carbocycles. The minimum atomic E-state index is -3.72. The standard InChI is InChI=1S/C16H18N2O4S/c1-17-23(20,21)15-10-13(8-9-14(15)22-2)16(19)18-11-12-6-4-3-5-7-12/h3-10,17H,11H2,1-2H3,(H,18,19). The Morgan fingerprint density at radius 3 is 2.43 bits per heavy atom. The van der Waals surface area contributed by atoms with Gasteiger partial charge in [0.15, 0.2) is 0 Å². The van der Waals surface area contributed by atoms with Gasteiger partial charge < -0.3 is 10.1 Å². The summed E-state index contributed by atoms with van der Waals surface area (Å²) in [6.07, 6.45) is 0. The molecular weight excluding hydrogens is 316 g/mol. The van der Waals surface area contributed by atoms with Gasteiger partial charge in [0.1, 0.15) is 10.6 Å². The monoisotopic (exact) mass is 334 g/mol. The maximum absolute atomic E-state index is 12.2. The zero-order valence-corrected chi connectivity index (χ0v) is 13.7. The number of nitrogens with one attached hydrogen (secondary N) is 2. The number of hydrogen-bond donors (Lipinski definition) is 2. The van der Waals surface area contributed by atoms with Crippen LogP contribution in [-0.2, 0) is 16.6 Å². The normalized spacial score (nSPS) is 11.0. The van der Waals surface area contributed by atoms with Crippen LogP contribution in [0.1, 0.15) is 15.9 Å². The number of methoxy groups -OCH3 is 1. The topological polar surface area (TPSA) is 84.5 Å². The fourth-order valence-corrected chi connectivity index (χ4v) is 2.94. The van der Waals surface area contributed by atoms with E-state index in [0.29, 0.717) is 6.54 Å². The van der Waals surface area contributed by atoms with Crippen LogP contribution >= 0.6 is 0 Å². The van der Waals surface area contributed by atoms with Crippen LogP contribution in [-0.4, -0.2) is 28.5 Å². The second-order valence-corrected chi connectivity index (χ2v) is 6.60. The van der Waals surface area contributed by atoms with E-state index in [-0.39, 0.29) is 22.1 Å². The minimum Gasteiger partial charge on any atom is -0.495 e. The first-order chi connectivity index (χ1) is 11.0. The van der Waals surface area contributed by atoms with Gasteiger partial charge in [-0.2, -0.15) is 0 Å². The maximum atomic E-state index is 12.2. The average molecular weight is 334 g/mol. The first-order valence-corrected chi connectivity index (χ1v) is 8.40. The largest absolute Gasteiger partial charge is 0.495 e. The molecule has 6 nitrogen and oxygen atoms in total. The molecule has 122 valence electrons. The Hall–Kier alpha value is -2.38. The molecule has 23 heavy (non-hydrogen) atoms. The molecule has 0 aliphatic rings. The summed E-state index contributed by atoms with van der Waals surface area (Å²) in [7, 11) is -1.04. The quantitative estimate of drug-likeness (QED) is 0.839. The Morgan fingerprint density at radius 2 is 1.83 bits per heavy atom. The van der Waals surface area contributed by atoms with E-state index in [4.69, 9.17) is 4.74 Å². The van der Waals surface area contributed by atoms with Gasteiger partial charge in [-0.25, -0.2) is 13.1 Å². The maximum Gasteiger partial charge on any atom is 0.251 e. The first kappa shape index (κ1) is 17.0. The SMILES string of the molecule is CNS(=O)(=O)c1cc(C(=O)NCc2ccccc2)ccc1OC. The summed E-state index contributed by atoms with van der Waals surface area (Å²) in [5.74, 6) is -0.178. The molecule has 1 amide bonds. The predicted molar refractivity (Wildman–Crippen MR) is 86.9 cm³/mol. The molecule has 0 aliphatic heterocycles. The molecule has 2 aromatic rings. The minimum absolute atomic E-state index is 0.0742. The zero-order chi connectivity index (χ0) is 16.9. The zero-order valence-electron chi connectivity index (χ0n) is 12.9. The van der Waals surface area contributed by atoms with Crippen LogP contribution in [0.3, 0.4) is 0 Å². The molecule has 2 aromatic carbocycles. The molecule has 0 spiro atoms. The van der Waals surface area contributed by atoms with E-state index in [0.717, 1.165) is 5.56 Å². The number of hydrogen-bond acceptors (Lipinski definition) is 4. The Labute approximate surface area is 135 Å². The fourth-order valence-electron chi connectivity index (χ4n) is 2.02. The Kier molecular flexibility index (Phi) is 5.36. The second kappa shape index (κ2) is 7.26. The highest BCUT2D eigenvalue weighted by Gasteiger charge is 2.20. The number of sulfonamides is 1. The molecular formula is C16H18N2O4S. The van der Waals surface area contributed by atoms with E-state index in [1.165, 1.54) is 32.4 Å². The first-order valence-electron chi connectivity index (χ1n) is 6.91. The van der Waals surface area contributed by atoms with E-state index in [1.54, 1.807) is 0 Å². The molecule has 0 unspecified atom stereocenters. The molecule has 0 atom stereocenters. The van der Waals surface area contributed by atoms with Crippen LogP contribution in [0.25, 0.3) is 0 Å². The van der Waals surface area contributed by atoms with Crippen molar-refractivity contribution in [2.24, 2.45) is 0 Å². The Bertz CT molecular complexity index is 789. The van der Waals surface area contributed by atoms with Crippen LogP contribution in [0, 0.1) is 0 Å². The van der Waals surface area contributed by atoms with Gasteiger partial charge in [-0.15, -0.1) is 0 Å². The third kappa shape index (κ3) is 4.08. The van der Waals surface area contributed by atoms with Crippen molar-refractivity contribution in [1.82, 2.24) is 10.0 Å². The summed E-state index contributed by atoms with van der Waals surface area (Å²) < 4.78 is 31.3. The Morgan fingerprint density at radius 1 is 1.13 bits per heavy atom. The highest BCUT2D eigenvalue weighted by atomic mass is 32.2. The van der Waals surface area contributed by atoms with Crippen LogP contribution in [0.2, 0.25) is 0 Å².